The van der Waals surface area contributed by atoms with Crippen LogP contribution in [-0.2, 0) is 4.79 Å². The Balaban J connectivity index is 1.95. The maximum Gasteiger partial charge on any atom is 0.223 e. The number of carbonyl (C=O) groups is 2. The molecule has 1 aliphatic carbocycles. The lowest BCUT2D eigenvalue weighted by Crippen LogP contribution is -2.30. The molecular weight excluding hydrogens is 298 g/mol. The summed E-state index contributed by atoms with van der Waals surface area (Å²) in [5.41, 5.74) is 0.554. The normalized spacial score (nSPS) is 14.1. The van der Waals surface area contributed by atoms with Gasteiger partial charge in [-0.25, -0.2) is 0 Å². The molecule has 0 aliphatic heterocycles. The number of halogens is 1. The summed E-state index contributed by atoms with van der Waals surface area (Å²) in [4.78, 5) is 23.3. The summed E-state index contributed by atoms with van der Waals surface area (Å²) in [5, 5.41) is 2.66. The highest BCUT2D eigenvalue weighted by Gasteiger charge is 2.29. The van der Waals surface area contributed by atoms with E-state index in [2.05, 4.69) is 21.2 Å². The molecule has 1 aromatic carbocycles. The van der Waals surface area contributed by atoms with E-state index in [0.29, 0.717) is 11.3 Å². The van der Waals surface area contributed by atoms with Gasteiger partial charge >= 0.3 is 0 Å². The molecule has 18 heavy (non-hydrogen) atoms. The standard InChI is InChI=1S/C13H14BrNO3/c1-18-12-5-4-9(6-10(12)14)11(16)7-15-13(17)8-2-3-8/h4-6,8H,2-3,7H2,1H3,(H,15,17). The van der Waals surface area contributed by atoms with Gasteiger partial charge in [0.2, 0.25) is 5.91 Å². The van der Waals surface area contributed by atoms with Gasteiger partial charge in [-0.3, -0.25) is 9.59 Å². The number of methoxy groups -OCH3 is 1. The molecule has 0 aromatic heterocycles. The minimum Gasteiger partial charge on any atom is -0.496 e. The highest BCUT2D eigenvalue weighted by atomic mass is 79.9. The molecule has 0 atom stereocenters. The molecule has 0 heterocycles. The average molecular weight is 312 g/mol. The van der Waals surface area contributed by atoms with Gasteiger partial charge in [-0.1, -0.05) is 0 Å². The predicted molar refractivity (Wildman–Crippen MR) is 70.8 cm³/mol. The number of ether oxygens (including phenoxy) is 1. The Morgan fingerprint density at radius 3 is 2.72 bits per heavy atom. The van der Waals surface area contributed by atoms with E-state index in [1.807, 2.05) is 0 Å². The molecule has 1 saturated carbocycles. The van der Waals surface area contributed by atoms with Gasteiger partial charge in [-0.15, -0.1) is 0 Å². The van der Waals surface area contributed by atoms with Crippen LogP contribution in [0.3, 0.4) is 0 Å². The van der Waals surface area contributed by atoms with Gasteiger partial charge in [-0.05, 0) is 47.0 Å². The molecule has 1 aliphatic rings. The number of ketones is 1. The third-order valence-corrected chi connectivity index (χ3v) is 3.46. The SMILES string of the molecule is COc1ccc(C(=O)CNC(=O)C2CC2)cc1Br. The number of rotatable bonds is 5. The highest BCUT2D eigenvalue weighted by Crippen LogP contribution is 2.28. The summed E-state index contributed by atoms with van der Waals surface area (Å²) in [7, 11) is 1.57. The van der Waals surface area contributed by atoms with Crippen molar-refractivity contribution in [1.82, 2.24) is 5.32 Å². The van der Waals surface area contributed by atoms with E-state index in [0.717, 1.165) is 17.3 Å². The fourth-order valence-electron chi connectivity index (χ4n) is 1.60. The molecule has 0 saturated heterocycles. The topological polar surface area (TPSA) is 55.4 Å². The molecule has 5 heteroatoms. The van der Waals surface area contributed by atoms with Crippen LogP contribution in [0.4, 0.5) is 0 Å². The molecule has 0 bridgehead atoms. The largest absolute Gasteiger partial charge is 0.496 e. The molecule has 0 unspecified atom stereocenters. The van der Waals surface area contributed by atoms with Gasteiger partial charge in [0.1, 0.15) is 5.75 Å². The third kappa shape index (κ3) is 3.10. The first-order valence-electron chi connectivity index (χ1n) is 5.76. The van der Waals surface area contributed by atoms with E-state index in [1.165, 1.54) is 0 Å². The van der Waals surface area contributed by atoms with Gasteiger partial charge < -0.3 is 10.1 Å². The molecule has 2 rings (SSSR count). The lowest BCUT2D eigenvalue weighted by atomic mass is 10.1. The zero-order chi connectivity index (χ0) is 13.1. The number of hydrogen-bond acceptors (Lipinski definition) is 3. The van der Waals surface area contributed by atoms with E-state index in [-0.39, 0.29) is 24.2 Å². The van der Waals surface area contributed by atoms with Gasteiger partial charge in [0.05, 0.1) is 18.1 Å². The van der Waals surface area contributed by atoms with Gasteiger partial charge in [0, 0.05) is 11.5 Å². The smallest absolute Gasteiger partial charge is 0.223 e. The summed E-state index contributed by atoms with van der Waals surface area (Å²) in [6.45, 7) is 0.0497. The third-order valence-electron chi connectivity index (χ3n) is 2.85. The molecule has 1 amide bonds. The van der Waals surface area contributed by atoms with Crippen molar-refractivity contribution >= 4 is 27.6 Å². The van der Waals surface area contributed by atoms with Gasteiger partial charge in [0.25, 0.3) is 0 Å². The Bertz CT molecular complexity index is 483. The molecular formula is C13H14BrNO3. The summed E-state index contributed by atoms with van der Waals surface area (Å²) < 4.78 is 5.82. The van der Waals surface area contributed by atoms with Crippen LogP contribution in [0.2, 0.25) is 0 Å². The first-order chi connectivity index (χ1) is 8.61. The van der Waals surface area contributed by atoms with Crippen molar-refractivity contribution in [2.75, 3.05) is 13.7 Å². The van der Waals surface area contributed by atoms with E-state index in [9.17, 15) is 9.59 Å². The van der Waals surface area contributed by atoms with Gasteiger partial charge in [0.15, 0.2) is 5.78 Å². The molecule has 4 nitrogen and oxygen atoms in total. The van der Waals surface area contributed by atoms with E-state index < -0.39 is 0 Å². The zero-order valence-corrected chi connectivity index (χ0v) is 11.6. The molecule has 0 spiro atoms. The van der Waals surface area contributed by atoms with Crippen molar-refractivity contribution < 1.29 is 14.3 Å². The molecule has 1 aromatic rings. The Hall–Kier alpha value is -1.36. The van der Waals surface area contributed by atoms with Crippen LogP contribution >= 0.6 is 15.9 Å². The first kappa shape index (κ1) is 13.1. The molecule has 1 fully saturated rings. The Morgan fingerprint density at radius 2 is 2.17 bits per heavy atom. The Morgan fingerprint density at radius 1 is 1.44 bits per heavy atom. The number of Topliss-reactive ketones (excluding diaryl/α,β-unsaturated/α-hetero) is 1. The van der Waals surface area contributed by atoms with Crippen LogP contribution in [0, 0.1) is 5.92 Å². The number of nitrogens with one attached hydrogen (secondary N) is 1. The van der Waals surface area contributed by atoms with E-state index in [1.54, 1.807) is 25.3 Å². The first-order valence-corrected chi connectivity index (χ1v) is 6.55. The van der Waals surface area contributed by atoms with Crippen molar-refractivity contribution in [3.05, 3.63) is 28.2 Å². The monoisotopic (exact) mass is 311 g/mol. The molecule has 96 valence electrons. The van der Waals surface area contributed by atoms with E-state index >= 15 is 0 Å². The Labute approximate surface area is 114 Å². The van der Waals surface area contributed by atoms with Gasteiger partial charge in [-0.2, -0.15) is 0 Å². The molecule has 1 N–H and O–H groups in total. The summed E-state index contributed by atoms with van der Waals surface area (Å²) in [5.74, 6) is 0.678. The fraction of sp³-hybridized carbons (Fsp3) is 0.385. The van der Waals surface area contributed by atoms with Crippen LogP contribution in [0.25, 0.3) is 0 Å². The second-order valence-electron chi connectivity index (χ2n) is 4.26. The summed E-state index contributed by atoms with van der Waals surface area (Å²) >= 11 is 3.32. The Kier molecular flexibility index (Phi) is 4.01. The minimum absolute atomic E-state index is 0.0177. The zero-order valence-electron chi connectivity index (χ0n) is 10.0. The lowest BCUT2D eigenvalue weighted by molar-refractivity contribution is -0.122. The fourth-order valence-corrected chi connectivity index (χ4v) is 2.14. The predicted octanol–water partition coefficient (Wildman–Crippen LogP) is 2.17. The number of amides is 1. The summed E-state index contributed by atoms with van der Waals surface area (Å²) in [6, 6.07) is 5.11. The van der Waals surface area contributed by atoms with Crippen LogP contribution in [0.5, 0.6) is 5.75 Å². The minimum atomic E-state index is -0.104. The second kappa shape index (κ2) is 5.52. The maximum atomic E-state index is 11.9. The van der Waals surface area contributed by atoms with Crippen molar-refractivity contribution in [1.29, 1.82) is 0 Å². The summed E-state index contributed by atoms with van der Waals surface area (Å²) in [6.07, 6.45) is 1.88. The quantitative estimate of drug-likeness (QED) is 0.848. The highest BCUT2D eigenvalue weighted by molar-refractivity contribution is 9.10. The lowest BCUT2D eigenvalue weighted by Gasteiger charge is -2.06. The van der Waals surface area contributed by atoms with Crippen LogP contribution < -0.4 is 10.1 Å². The molecule has 0 radical (unpaired) electrons. The van der Waals surface area contributed by atoms with Crippen molar-refractivity contribution in [3.63, 3.8) is 0 Å². The van der Waals surface area contributed by atoms with E-state index in [4.69, 9.17) is 4.74 Å². The number of carbonyl (C=O) groups excluding carboxylic acids is 2. The van der Waals surface area contributed by atoms with Crippen molar-refractivity contribution in [3.8, 4) is 5.75 Å². The number of benzene rings is 1. The van der Waals surface area contributed by atoms with Crippen LogP contribution in [-0.4, -0.2) is 25.3 Å². The number of hydrogen-bond donors (Lipinski definition) is 1. The van der Waals surface area contributed by atoms with Crippen molar-refractivity contribution in [2.45, 2.75) is 12.8 Å². The van der Waals surface area contributed by atoms with Crippen molar-refractivity contribution in [2.24, 2.45) is 5.92 Å². The van der Waals surface area contributed by atoms with Crippen LogP contribution in [0.1, 0.15) is 23.2 Å². The van der Waals surface area contributed by atoms with Crippen LogP contribution in [0.15, 0.2) is 22.7 Å². The second-order valence-corrected chi connectivity index (χ2v) is 5.12. The maximum absolute atomic E-state index is 11.9. The average Bonchev–Trinajstić information content (AvgIpc) is 3.19.